The molecule has 2 aliphatic rings. The number of carbonyl (C=O) groups is 1. The van der Waals surface area contributed by atoms with Crippen LogP contribution in [-0.2, 0) is 11.3 Å². The number of methoxy groups -OCH3 is 1. The summed E-state index contributed by atoms with van der Waals surface area (Å²) in [6.07, 6.45) is 4.50. The largest absolute Gasteiger partial charge is 0.497 e. The number of amides is 1. The lowest BCUT2D eigenvalue weighted by atomic mass is 10.1. The molecule has 174 valence electrons. The molecule has 2 aliphatic heterocycles. The lowest BCUT2D eigenvalue weighted by Gasteiger charge is -2.28. The highest BCUT2D eigenvalue weighted by Crippen LogP contribution is 2.31. The van der Waals surface area contributed by atoms with Crippen LogP contribution < -0.4 is 9.64 Å². The van der Waals surface area contributed by atoms with Crippen molar-refractivity contribution in [3.8, 4) is 5.75 Å². The summed E-state index contributed by atoms with van der Waals surface area (Å²) >= 11 is 1.52. The first kappa shape index (κ1) is 22.2. The number of hydrogen-bond acceptors (Lipinski definition) is 6. The van der Waals surface area contributed by atoms with E-state index in [4.69, 9.17) is 14.5 Å². The fourth-order valence-electron chi connectivity index (χ4n) is 4.82. The van der Waals surface area contributed by atoms with Crippen molar-refractivity contribution in [2.45, 2.75) is 45.3 Å². The van der Waals surface area contributed by atoms with E-state index in [-0.39, 0.29) is 12.0 Å². The number of rotatable bonds is 7. The molecule has 0 N–H and O–H groups in total. The van der Waals surface area contributed by atoms with Gasteiger partial charge >= 0.3 is 0 Å². The van der Waals surface area contributed by atoms with Gasteiger partial charge < -0.3 is 19.3 Å². The van der Waals surface area contributed by atoms with E-state index in [1.54, 1.807) is 7.11 Å². The van der Waals surface area contributed by atoms with Crippen LogP contribution >= 0.6 is 11.3 Å². The molecule has 3 aromatic rings. The zero-order valence-corrected chi connectivity index (χ0v) is 20.2. The summed E-state index contributed by atoms with van der Waals surface area (Å²) in [5.74, 6) is 1.87. The Morgan fingerprint density at radius 3 is 2.79 bits per heavy atom. The van der Waals surface area contributed by atoms with Crippen molar-refractivity contribution in [3.63, 3.8) is 0 Å². The van der Waals surface area contributed by atoms with Gasteiger partial charge in [-0.3, -0.25) is 4.79 Å². The smallest absolute Gasteiger partial charge is 0.264 e. The number of hydrogen-bond donors (Lipinski definition) is 0. The molecule has 1 amide bonds. The number of ether oxygens (including phenoxy) is 2. The monoisotopic (exact) mass is 465 g/mol. The highest BCUT2D eigenvalue weighted by Gasteiger charge is 2.27. The quantitative estimate of drug-likeness (QED) is 0.490. The third-order valence-electron chi connectivity index (χ3n) is 6.64. The number of carbonyl (C=O) groups excluding carboxylic acids is 1. The second kappa shape index (κ2) is 9.69. The molecule has 0 unspecified atom stereocenters. The maximum atomic E-state index is 13.6. The second-order valence-corrected chi connectivity index (χ2v) is 9.89. The van der Waals surface area contributed by atoms with Crippen LogP contribution in [-0.4, -0.2) is 55.2 Å². The molecule has 1 atom stereocenters. The highest BCUT2D eigenvalue weighted by atomic mass is 32.1. The van der Waals surface area contributed by atoms with Gasteiger partial charge in [-0.1, -0.05) is 0 Å². The number of pyridine rings is 1. The first-order valence-electron chi connectivity index (χ1n) is 11.8. The standard InChI is InChI=1S/C26H31N3O3S/c1-18-9-13-33-24(18)26(30)29(17-22-6-5-12-32-22)16-20-14-19-7-8-21(31-2)15-23(19)27-25(20)28-10-3-4-11-28/h7-9,13-15,22H,3-6,10-12,16-17H2,1-2H3/t22-/m0/s1. The van der Waals surface area contributed by atoms with Gasteiger partial charge in [-0.2, -0.15) is 0 Å². The minimum atomic E-state index is 0.0835. The maximum absolute atomic E-state index is 13.6. The van der Waals surface area contributed by atoms with Crippen LogP contribution in [0.15, 0.2) is 35.7 Å². The van der Waals surface area contributed by atoms with Crippen molar-refractivity contribution in [1.29, 1.82) is 0 Å². The highest BCUT2D eigenvalue weighted by molar-refractivity contribution is 7.12. The lowest BCUT2D eigenvalue weighted by Crippen LogP contribution is -2.37. The van der Waals surface area contributed by atoms with Gasteiger partial charge in [0.25, 0.3) is 5.91 Å². The van der Waals surface area contributed by atoms with Gasteiger partial charge in [0.15, 0.2) is 0 Å². The van der Waals surface area contributed by atoms with Crippen LogP contribution in [0.25, 0.3) is 10.9 Å². The Morgan fingerprint density at radius 2 is 2.09 bits per heavy atom. The molecular weight excluding hydrogens is 434 g/mol. The van der Waals surface area contributed by atoms with Crippen molar-refractivity contribution in [2.24, 2.45) is 0 Å². The van der Waals surface area contributed by atoms with E-state index in [9.17, 15) is 4.79 Å². The molecule has 2 saturated heterocycles. The van der Waals surface area contributed by atoms with E-state index in [0.717, 1.165) is 71.0 Å². The van der Waals surface area contributed by atoms with Crippen molar-refractivity contribution in [3.05, 3.63) is 51.7 Å². The van der Waals surface area contributed by atoms with Crippen molar-refractivity contribution < 1.29 is 14.3 Å². The number of thiophene rings is 1. The van der Waals surface area contributed by atoms with E-state index >= 15 is 0 Å². The second-order valence-electron chi connectivity index (χ2n) is 8.98. The first-order valence-corrected chi connectivity index (χ1v) is 12.7. The normalized spacial score (nSPS) is 18.2. The number of benzene rings is 1. The summed E-state index contributed by atoms with van der Waals surface area (Å²) in [7, 11) is 1.68. The number of anilines is 1. The van der Waals surface area contributed by atoms with Gasteiger partial charge in [0.05, 0.1) is 23.6 Å². The molecule has 7 heteroatoms. The SMILES string of the molecule is COc1ccc2cc(CN(C[C@@H]3CCCO3)C(=O)c3sccc3C)c(N3CCCC3)nc2c1. The summed E-state index contributed by atoms with van der Waals surface area (Å²) in [4.78, 5) is 23.8. The molecular formula is C26H31N3O3S. The molecule has 1 aromatic carbocycles. The Hall–Kier alpha value is -2.64. The first-order chi connectivity index (χ1) is 16.1. The molecule has 0 saturated carbocycles. The zero-order chi connectivity index (χ0) is 22.8. The average Bonchev–Trinajstić information content (AvgIpc) is 3.61. The van der Waals surface area contributed by atoms with Crippen LogP contribution in [0.3, 0.4) is 0 Å². The van der Waals surface area contributed by atoms with E-state index in [0.29, 0.717) is 13.1 Å². The zero-order valence-electron chi connectivity index (χ0n) is 19.4. The van der Waals surface area contributed by atoms with E-state index in [1.807, 2.05) is 41.5 Å². The molecule has 4 heterocycles. The summed E-state index contributed by atoms with van der Waals surface area (Å²) in [6, 6.07) is 10.2. The van der Waals surface area contributed by atoms with E-state index in [1.165, 1.54) is 24.2 Å². The summed E-state index contributed by atoms with van der Waals surface area (Å²) in [6.45, 7) is 5.92. The predicted molar refractivity (Wildman–Crippen MR) is 133 cm³/mol. The van der Waals surface area contributed by atoms with Gasteiger partial charge in [-0.15, -0.1) is 11.3 Å². The fourth-order valence-corrected chi connectivity index (χ4v) is 5.71. The Balaban J connectivity index is 1.53. The van der Waals surface area contributed by atoms with Gasteiger partial charge in [-0.25, -0.2) is 4.98 Å². The summed E-state index contributed by atoms with van der Waals surface area (Å²) in [5.41, 5.74) is 3.05. The van der Waals surface area contributed by atoms with Crippen LogP contribution in [0.2, 0.25) is 0 Å². The summed E-state index contributed by atoms with van der Waals surface area (Å²) in [5, 5.41) is 3.05. The molecule has 5 rings (SSSR count). The number of fused-ring (bicyclic) bond motifs is 1. The van der Waals surface area contributed by atoms with Crippen LogP contribution in [0.4, 0.5) is 5.82 Å². The maximum Gasteiger partial charge on any atom is 0.264 e. The van der Waals surface area contributed by atoms with E-state index < -0.39 is 0 Å². The Labute approximate surface area is 199 Å². The third-order valence-corrected chi connectivity index (χ3v) is 7.64. The van der Waals surface area contributed by atoms with Crippen molar-refractivity contribution in [1.82, 2.24) is 9.88 Å². The molecule has 2 aromatic heterocycles. The number of aryl methyl sites for hydroxylation is 1. The predicted octanol–water partition coefficient (Wildman–Crippen LogP) is 5.03. The van der Waals surface area contributed by atoms with Gasteiger partial charge in [0, 0.05) is 49.8 Å². The molecule has 0 aliphatic carbocycles. The lowest BCUT2D eigenvalue weighted by molar-refractivity contribution is 0.0510. The number of nitrogens with zero attached hydrogens (tertiary/aromatic N) is 3. The van der Waals surface area contributed by atoms with Crippen LogP contribution in [0.5, 0.6) is 5.75 Å². The van der Waals surface area contributed by atoms with Crippen LogP contribution in [0.1, 0.15) is 46.5 Å². The topological polar surface area (TPSA) is 54.9 Å². The molecule has 0 radical (unpaired) electrons. The molecule has 33 heavy (non-hydrogen) atoms. The Bertz CT molecular complexity index is 1130. The van der Waals surface area contributed by atoms with Crippen molar-refractivity contribution >= 4 is 34.0 Å². The molecule has 0 spiro atoms. The molecule has 2 fully saturated rings. The average molecular weight is 466 g/mol. The minimum absolute atomic E-state index is 0.0835. The van der Waals surface area contributed by atoms with Gasteiger partial charge in [0.2, 0.25) is 0 Å². The Kier molecular flexibility index (Phi) is 6.51. The third kappa shape index (κ3) is 4.70. The van der Waals surface area contributed by atoms with Gasteiger partial charge in [-0.05, 0) is 67.8 Å². The molecule has 6 nitrogen and oxygen atoms in total. The van der Waals surface area contributed by atoms with Crippen LogP contribution in [0, 0.1) is 6.92 Å². The van der Waals surface area contributed by atoms with Crippen molar-refractivity contribution in [2.75, 3.05) is 38.3 Å². The Morgan fingerprint density at radius 1 is 1.24 bits per heavy atom. The minimum Gasteiger partial charge on any atom is -0.497 e. The number of aromatic nitrogens is 1. The fraction of sp³-hybridized carbons (Fsp3) is 0.462. The van der Waals surface area contributed by atoms with Gasteiger partial charge in [0.1, 0.15) is 11.6 Å². The molecule has 0 bridgehead atoms. The summed E-state index contributed by atoms with van der Waals surface area (Å²) < 4.78 is 11.3. The van der Waals surface area contributed by atoms with E-state index in [2.05, 4.69) is 11.0 Å².